The number of hydrazine groups is 1. The molecular weight excluding hydrogens is 216 g/mol. The zero-order valence-corrected chi connectivity index (χ0v) is 9.39. The first-order chi connectivity index (χ1) is 8.31. The first kappa shape index (κ1) is 10.3. The Bertz CT molecular complexity index is 497. The Kier molecular flexibility index (Phi) is 2.33. The summed E-state index contributed by atoms with van der Waals surface area (Å²) < 4.78 is 0. The van der Waals surface area contributed by atoms with Crippen LogP contribution in [-0.2, 0) is 0 Å². The van der Waals surface area contributed by atoms with Gasteiger partial charge in [-0.2, -0.15) is 0 Å². The molecule has 2 aliphatic heterocycles. The molecule has 1 aromatic rings. The minimum Gasteiger partial charge on any atom is -0.328 e. The van der Waals surface area contributed by atoms with Crippen molar-refractivity contribution in [2.45, 2.75) is 18.9 Å². The molecule has 2 heterocycles. The van der Waals surface area contributed by atoms with Crippen LogP contribution in [0.4, 0.5) is 5.69 Å². The van der Waals surface area contributed by atoms with Crippen molar-refractivity contribution in [1.82, 2.24) is 10.3 Å². The molecule has 17 heavy (non-hydrogen) atoms. The third kappa shape index (κ3) is 1.51. The fourth-order valence-corrected chi connectivity index (χ4v) is 2.53. The van der Waals surface area contributed by atoms with Gasteiger partial charge in [0.25, 0.3) is 5.91 Å². The number of nitrogens with zero attached hydrogens (tertiary/aromatic N) is 2. The van der Waals surface area contributed by atoms with Gasteiger partial charge in [0.15, 0.2) is 0 Å². The Morgan fingerprint density at radius 2 is 2.24 bits per heavy atom. The van der Waals surface area contributed by atoms with E-state index in [0.29, 0.717) is 17.1 Å². The minimum atomic E-state index is -0.0000926. The number of amidine groups is 1. The molecule has 0 bridgehead atoms. The average molecular weight is 230 g/mol. The summed E-state index contributed by atoms with van der Waals surface area (Å²) >= 11 is 0. The van der Waals surface area contributed by atoms with E-state index in [2.05, 4.69) is 10.4 Å². The third-order valence-electron chi connectivity index (χ3n) is 3.35. The maximum atomic E-state index is 12.4. The SMILES string of the molecule is NNC1=Nc2ccccc2C(=O)N2CCC[C@@H]12. The second-order valence-electron chi connectivity index (χ2n) is 4.32. The van der Waals surface area contributed by atoms with E-state index in [1.165, 1.54) is 0 Å². The number of fused-ring (bicyclic) bond motifs is 2. The molecule has 0 saturated carbocycles. The van der Waals surface area contributed by atoms with Gasteiger partial charge in [-0.3, -0.25) is 4.79 Å². The molecule has 1 amide bonds. The number of carbonyl (C=O) groups is 1. The van der Waals surface area contributed by atoms with Crippen molar-refractivity contribution in [3.8, 4) is 0 Å². The average Bonchev–Trinajstić information content (AvgIpc) is 2.81. The molecule has 1 saturated heterocycles. The first-order valence-electron chi connectivity index (χ1n) is 5.76. The van der Waals surface area contributed by atoms with Crippen LogP contribution in [0.15, 0.2) is 29.3 Å². The summed E-state index contributed by atoms with van der Waals surface area (Å²) in [6.07, 6.45) is 1.92. The monoisotopic (exact) mass is 230 g/mol. The number of hydrogen-bond donors (Lipinski definition) is 2. The van der Waals surface area contributed by atoms with Crippen LogP contribution < -0.4 is 11.3 Å². The van der Waals surface area contributed by atoms with Crippen LogP contribution in [0.3, 0.4) is 0 Å². The highest BCUT2D eigenvalue weighted by atomic mass is 16.2. The lowest BCUT2D eigenvalue weighted by molar-refractivity contribution is 0.0771. The maximum Gasteiger partial charge on any atom is 0.256 e. The molecule has 88 valence electrons. The van der Waals surface area contributed by atoms with Crippen molar-refractivity contribution in [1.29, 1.82) is 0 Å². The topological polar surface area (TPSA) is 70.7 Å². The van der Waals surface area contributed by atoms with E-state index in [0.717, 1.165) is 19.4 Å². The van der Waals surface area contributed by atoms with Gasteiger partial charge in [-0.25, -0.2) is 10.8 Å². The highest BCUT2D eigenvalue weighted by molar-refractivity contribution is 6.06. The maximum absolute atomic E-state index is 12.4. The van der Waals surface area contributed by atoms with Gasteiger partial charge in [-0.15, -0.1) is 0 Å². The number of hydrogen-bond acceptors (Lipinski definition) is 4. The molecule has 0 aliphatic carbocycles. The highest BCUT2D eigenvalue weighted by Crippen LogP contribution is 2.29. The van der Waals surface area contributed by atoms with Crippen LogP contribution in [0, 0.1) is 0 Å². The van der Waals surface area contributed by atoms with Crippen molar-refractivity contribution < 1.29 is 4.79 Å². The zero-order chi connectivity index (χ0) is 11.8. The number of para-hydroxylation sites is 1. The van der Waals surface area contributed by atoms with E-state index in [-0.39, 0.29) is 11.9 Å². The summed E-state index contributed by atoms with van der Waals surface area (Å²) in [5.74, 6) is 6.25. The number of rotatable bonds is 0. The number of aliphatic imine (C=N–C) groups is 1. The van der Waals surface area contributed by atoms with E-state index < -0.39 is 0 Å². The summed E-state index contributed by atoms with van der Waals surface area (Å²) in [6, 6.07) is 7.39. The molecule has 5 nitrogen and oxygen atoms in total. The molecule has 3 N–H and O–H groups in total. The number of nitrogens with one attached hydrogen (secondary N) is 1. The predicted octanol–water partition coefficient (Wildman–Crippen LogP) is 0.798. The standard InChI is InChI=1S/C12H14N4O/c13-15-11-10-6-3-7-16(10)12(17)8-4-1-2-5-9(8)14-11/h1-2,4-5,10H,3,6-7,13H2,(H,14,15)/t10-/m0/s1. The predicted molar refractivity (Wildman–Crippen MR) is 64.9 cm³/mol. The second kappa shape index (κ2) is 3.85. The van der Waals surface area contributed by atoms with Crippen LogP contribution in [0.1, 0.15) is 23.2 Å². The van der Waals surface area contributed by atoms with Crippen molar-refractivity contribution in [3.05, 3.63) is 29.8 Å². The van der Waals surface area contributed by atoms with Crippen LogP contribution in [0.5, 0.6) is 0 Å². The van der Waals surface area contributed by atoms with Gasteiger partial charge in [0.05, 0.1) is 17.3 Å². The largest absolute Gasteiger partial charge is 0.328 e. The van der Waals surface area contributed by atoms with Crippen molar-refractivity contribution >= 4 is 17.4 Å². The zero-order valence-electron chi connectivity index (χ0n) is 9.39. The molecule has 1 fully saturated rings. The molecule has 1 atom stereocenters. The first-order valence-corrected chi connectivity index (χ1v) is 5.76. The quantitative estimate of drug-likeness (QED) is 0.511. The van der Waals surface area contributed by atoms with Gasteiger partial charge in [0.2, 0.25) is 0 Å². The lowest BCUT2D eigenvalue weighted by atomic mass is 10.1. The number of benzene rings is 1. The third-order valence-corrected chi connectivity index (χ3v) is 3.35. The van der Waals surface area contributed by atoms with Gasteiger partial charge in [-0.05, 0) is 25.0 Å². The van der Waals surface area contributed by atoms with Gasteiger partial charge in [0, 0.05) is 6.54 Å². The van der Waals surface area contributed by atoms with Crippen LogP contribution >= 0.6 is 0 Å². The van der Waals surface area contributed by atoms with Gasteiger partial charge in [-0.1, -0.05) is 12.1 Å². The van der Waals surface area contributed by atoms with E-state index in [1.54, 1.807) is 0 Å². The smallest absolute Gasteiger partial charge is 0.256 e. The Morgan fingerprint density at radius 1 is 1.41 bits per heavy atom. The molecule has 0 radical (unpaired) electrons. The summed E-state index contributed by atoms with van der Waals surface area (Å²) in [7, 11) is 0. The normalized spacial score (nSPS) is 22.6. The molecular formula is C12H14N4O. The van der Waals surface area contributed by atoms with E-state index >= 15 is 0 Å². The Morgan fingerprint density at radius 3 is 3.06 bits per heavy atom. The number of amides is 1. The molecule has 1 aromatic carbocycles. The molecule has 0 spiro atoms. The van der Waals surface area contributed by atoms with Crippen LogP contribution in [0.25, 0.3) is 0 Å². The summed E-state index contributed by atoms with van der Waals surface area (Å²) in [6.45, 7) is 0.776. The molecule has 0 unspecified atom stereocenters. The Balaban J connectivity index is 2.15. The number of nitrogens with two attached hydrogens (primary N) is 1. The van der Waals surface area contributed by atoms with Gasteiger partial charge >= 0.3 is 0 Å². The number of carbonyl (C=O) groups excluding carboxylic acids is 1. The summed E-state index contributed by atoms with van der Waals surface area (Å²) in [4.78, 5) is 18.7. The summed E-state index contributed by atoms with van der Waals surface area (Å²) in [5, 5.41) is 0. The van der Waals surface area contributed by atoms with Crippen molar-refractivity contribution in [2.75, 3.05) is 6.54 Å². The highest BCUT2D eigenvalue weighted by Gasteiger charge is 2.35. The molecule has 3 rings (SSSR count). The molecule has 2 aliphatic rings. The molecule has 5 heteroatoms. The Labute approximate surface area is 99.3 Å². The fourth-order valence-electron chi connectivity index (χ4n) is 2.53. The Hall–Kier alpha value is -1.88. The second-order valence-corrected chi connectivity index (χ2v) is 4.32. The van der Waals surface area contributed by atoms with Crippen molar-refractivity contribution in [2.24, 2.45) is 10.8 Å². The van der Waals surface area contributed by atoms with Gasteiger partial charge in [0.1, 0.15) is 5.84 Å². The summed E-state index contributed by atoms with van der Waals surface area (Å²) in [5.41, 5.74) is 3.98. The lowest BCUT2D eigenvalue weighted by Gasteiger charge is -2.23. The molecule has 0 aromatic heterocycles. The fraction of sp³-hybridized carbons (Fsp3) is 0.333. The van der Waals surface area contributed by atoms with Crippen LogP contribution in [-0.4, -0.2) is 29.2 Å². The minimum absolute atomic E-state index is 0.0000926. The van der Waals surface area contributed by atoms with E-state index in [9.17, 15) is 4.79 Å². The van der Waals surface area contributed by atoms with Crippen LogP contribution in [0.2, 0.25) is 0 Å². The van der Waals surface area contributed by atoms with E-state index in [1.807, 2.05) is 29.2 Å². The van der Waals surface area contributed by atoms with E-state index in [4.69, 9.17) is 5.84 Å². The van der Waals surface area contributed by atoms with Crippen molar-refractivity contribution in [3.63, 3.8) is 0 Å². The van der Waals surface area contributed by atoms with Gasteiger partial charge < -0.3 is 10.3 Å². The lowest BCUT2D eigenvalue weighted by Crippen LogP contribution is -2.47.